The summed E-state index contributed by atoms with van der Waals surface area (Å²) >= 11 is 0. The van der Waals surface area contributed by atoms with Crippen molar-refractivity contribution < 1.29 is 0 Å². The summed E-state index contributed by atoms with van der Waals surface area (Å²) in [6, 6.07) is 51.0. The number of fused-ring (bicyclic) bond motifs is 4. The van der Waals surface area contributed by atoms with Gasteiger partial charge >= 0.3 is 0 Å². The Labute approximate surface area is 240 Å². The summed E-state index contributed by atoms with van der Waals surface area (Å²) in [4.78, 5) is 0. The van der Waals surface area contributed by atoms with Crippen LogP contribution in [0.5, 0.6) is 0 Å². The lowest BCUT2D eigenvalue weighted by Gasteiger charge is -2.19. The Morgan fingerprint density at radius 1 is 0.415 bits per heavy atom. The van der Waals surface area contributed by atoms with Crippen LogP contribution in [0, 0.1) is 0 Å². The molecule has 7 aromatic rings. The van der Waals surface area contributed by atoms with Crippen LogP contribution in [0.25, 0.3) is 66.2 Å². The lowest BCUT2D eigenvalue weighted by atomic mass is 9.84. The maximum atomic E-state index is 2.31. The van der Waals surface area contributed by atoms with Crippen molar-refractivity contribution in [3.05, 3.63) is 168 Å². The Hall–Kier alpha value is -5.20. The summed E-state index contributed by atoms with van der Waals surface area (Å²) in [5.74, 6) is 0. The van der Waals surface area contributed by atoms with Crippen LogP contribution < -0.4 is 0 Å². The molecule has 1 aliphatic rings. The van der Waals surface area contributed by atoms with E-state index in [1.54, 1.807) is 0 Å². The Morgan fingerprint density at radius 2 is 0.976 bits per heavy atom. The summed E-state index contributed by atoms with van der Waals surface area (Å²) < 4.78 is 0. The highest BCUT2D eigenvalue weighted by Gasteiger charge is 2.19. The van der Waals surface area contributed by atoms with Crippen LogP contribution in [0.4, 0.5) is 0 Å². The number of hydrogen-bond acceptors (Lipinski definition) is 0. The smallest absolute Gasteiger partial charge is 0.00135 e. The van der Waals surface area contributed by atoms with Crippen LogP contribution in [0.1, 0.15) is 16.7 Å². The lowest BCUT2D eigenvalue weighted by molar-refractivity contribution is 1.28. The third kappa shape index (κ3) is 4.08. The van der Waals surface area contributed by atoms with Gasteiger partial charge in [0, 0.05) is 0 Å². The molecular formula is C41H28. The van der Waals surface area contributed by atoms with Gasteiger partial charge < -0.3 is 0 Å². The van der Waals surface area contributed by atoms with E-state index in [0.717, 1.165) is 6.42 Å². The first-order valence-electron chi connectivity index (χ1n) is 14.3. The Balaban J connectivity index is 1.30. The van der Waals surface area contributed by atoms with E-state index in [4.69, 9.17) is 0 Å². The minimum atomic E-state index is 0.914. The van der Waals surface area contributed by atoms with Crippen LogP contribution in [-0.2, 0) is 6.42 Å². The molecular weight excluding hydrogens is 492 g/mol. The van der Waals surface area contributed by atoms with E-state index < -0.39 is 0 Å². The molecule has 41 heavy (non-hydrogen) atoms. The summed E-state index contributed by atoms with van der Waals surface area (Å²) in [6.07, 6.45) is 7.67. The zero-order chi connectivity index (χ0) is 27.2. The first-order chi connectivity index (χ1) is 20.3. The van der Waals surface area contributed by atoms with Crippen LogP contribution in [-0.4, -0.2) is 0 Å². The lowest BCUT2D eigenvalue weighted by Crippen LogP contribution is -1.97. The van der Waals surface area contributed by atoms with Gasteiger partial charge in [0.2, 0.25) is 0 Å². The van der Waals surface area contributed by atoms with Gasteiger partial charge in [-0.25, -0.2) is 0 Å². The molecule has 7 aromatic carbocycles. The molecule has 0 bridgehead atoms. The van der Waals surface area contributed by atoms with Gasteiger partial charge in [0.15, 0.2) is 0 Å². The van der Waals surface area contributed by atoms with Crippen molar-refractivity contribution in [3.63, 3.8) is 0 Å². The fourth-order valence-corrected chi connectivity index (χ4v) is 6.55. The highest BCUT2D eigenvalue weighted by atomic mass is 14.2. The van der Waals surface area contributed by atoms with Gasteiger partial charge in [0.25, 0.3) is 0 Å². The third-order valence-corrected chi connectivity index (χ3v) is 8.52. The van der Waals surface area contributed by atoms with E-state index in [1.165, 1.54) is 76.8 Å². The molecule has 0 aromatic heterocycles. The van der Waals surface area contributed by atoms with E-state index in [2.05, 4.69) is 158 Å². The molecule has 0 atom stereocenters. The number of allylic oxidation sites excluding steroid dienone is 3. The van der Waals surface area contributed by atoms with Gasteiger partial charge in [-0.1, -0.05) is 152 Å². The molecule has 0 saturated carbocycles. The minimum Gasteiger partial charge on any atom is -0.0619 e. The minimum absolute atomic E-state index is 0.914. The normalized spacial score (nSPS) is 12.8. The predicted molar refractivity (Wildman–Crippen MR) is 177 cm³/mol. The van der Waals surface area contributed by atoms with Crippen molar-refractivity contribution in [1.82, 2.24) is 0 Å². The van der Waals surface area contributed by atoms with Crippen LogP contribution in [0.15, 0.2) is 152 Å². The SMILES string of the molecule is C1=Cc2ccccc2CC(c2c3ccccc3c(-c3ccc(-c4ccc5ccccc5c4)cc3)c3ccccc23)=C1. The van der Waals surface area contributed by atoms with Crippen molar-refractivity contribution >= 4 is 44.0 Å². The highest BCUT2D eigenvalue weighted by molar-refractivity contribution is 6.19. The first kappa shape index (κ1) is 23.7. The molecule has 0 spiro atoms. The average Bonchev–Trinajstić information content (AvgIpc) is 3.26. The van der Waals surface area contributed by atoms with Gasteiger partial charge in [-0.15, -0.1) is 0 Å². The second-order valence-electron chi connectivity index (χ2n) is 10.9. The summed E-state index contributed by atoms with van der Waals surface area (Å²) in [5.41, 5.74) is 10.4. The van der Waals surface area contributed by atoms with Crippen molar-refractivity contribution in [1.29, 1.82) is 0 Å². The molecule has 0 heterocycles. The molecule has 1 aliphatic carbocycles. The van der Waals surface area contributed by atoms with Gasteiger partial charge in [-0.2, -0.15) is 0 Å². The van der Waals surface area contributed by atoms with Crippen molar-refractivity contribution in [2.24, 2.45) is 0 Å². The van der Waals surface area contributed by atoms with Crippen LogP contribution in [0.2, 0.25) is 0 Å². The molecule has 192 valence electrons. The Bertz CT molecular complexity index is 2100. The fourth-order valence-electron chi connectivity index (χ4n) is 6.55. The molecule has 0 aliphatic heterocycles. The van der Waals surface area contributed by atoms with Crippen molar-refractivity contribution in [3.8, 4) is 22.3 Å². The maximum Gasteiger partial charge on any atom is -0.00135 e. The monoisotopic (exact) mass is 520 g/mol. The zero-order valence-corrected chi connectivity index (χ0v) is 22.7. The molecule has 0 saturated heterocycles. The van der Waals surface area contributed by atoms with E-state index in [-0.39, 0.29) is 0 Å². The van der Waals surface area contributed by atoms with E-state index in [0.29, 0.717) is 0 Å². The number of rotatable bonds is 3. The van der Waals surface area contributed by atoms with E-state index in [9.17, 15) is 0 Å². The summed E-state index contributed by atoms with van der Waals surface area (Å²) in [7, 11) is 0. The van der Waals surface area contributed by atoms with Crippen LogP contribution >= 0.6 is 0 Å². The average molecular weight is 521 g/mol. The molecule has 0 radical (unpaired) electrons. The van der Waals surface area contributed by atoms with Gasteiger partial charge in [0.05, 0.1) is 0 Å². The molecule has 0 N–H and O–H groups in total. The molecule has 0 amide bonds. The Kier molecular flexibility index (Phi) is 5.64. The third-order valence-electron chi connectivity index (χ3n) is 8.52. The van der Waals surface area contributed by atoms with E-state index >= 15 is 0 Å². The van der Waals surface area contributed by atoms with Crippen LogP contribution in [0.3, 0.4) is 0 Å². The summed E-state index contributed by atoms with van der Waals surface area (Å²) in [6.45, 7) is 0. The molecule has 8 rings (SSSR count). The largest absolute Gasteiger partial charge is 0.0619 e. The zero-order valence-electron chi connectivity index (χ0n) is 22.7. The standard InChI is InChI=1S/C41H28/c1-3-13-33-27-35(15-9-14-28(33)10-1)41-38-18-7-5-16-36(38)40(37-17-6-8-19-39(37)41)31-23-20-30(21-24-31)34-25-22-29-11-2-4-12-32(29)26-34/h1-26H,27H2. The maximum absolute atomic E-state index is 2.31. The number of benzene rings is 7. The molecule has 0 nitrogen and oxygen atoms in total. The molecule has 0 unspecified atom stereocenters. The number of hydrogen-bond donors (Lipinski definition) is 0. The predicted octanol–water partition coefficient (Wildman–Crippen LogP) is 11.1. The van der Waals surface area contributed by atoms with Crippen molar-refractivity contribution in [2.75, 3.05) is 0 Å². The molecule has 0 fully saturated rings. The van der Waals surface area contributed by atoms with E-state index in [1.807, 2.05) is 0 Å². The molecule has 0 heteroatoms. The quantitative estimate of drug-likeness (QED) is 0.203. The van der Waals surface area contributed by atoms with Gasteiger partial charge in [-0.3, -0.25) is 0 Å². The second kappa shape index (κ2) is 9.77. The first-order valence-corrected chi connectivity index (χ1v) is 14.3. The van der Waals surface area contributed by atoms with Gasteiger partial charge in [-0.05, 0) is 89.3 Å². The topological polar surface area (TPSA) is 0 Å². The van der Waals surface area contributed by atoms with Crippen molar-refractivity contribution in [2.45, 2.75) is 6.42 Å². The Morgan fingerprint density at radius 3 is 1.71 bits per heavy atom. The fraction of sp³-hybridized carbons (Fsp3) is 0.0244. The summed E-state index contributed by atoms with van der Waals surface area (Å²) in [5, 5.41) is 7.74. The second-order valence-corrected chi connectivity index (χ2v) is 10.9. The van der Waals surface area contributed by atoms with Gasteiger partial charge in [0.1, 0.15) is 0 Å². The highest BCUT2D eigenvalue weighted by Crippen LogP contribution is 2.43.